The van der Waals surface area contributed by atoms with Crippen LogP contribution in [0.25, 0.3) is 0 Å². The first-order valence-corrected chi connectivity index (χ1v) is 4.89. The van der Waals surface area contributed by atoms with E-state index in [0.29, 0.717) is 6.20 Å². The highest BCUT2D eigenvalue weighted by atomic mass is 19.4. The van der Waals surface area contributed by atoms with E-state index in [1.807, 2.05) is 0 Å². The van der Waals surface area contributed by atoms with E-state index in [-0.39, 0.29) is 11.4 Å². The zero-order chi connectivity index (χ0) is 14.6. The normalized spacial score (nSPS) is 11.0. The Morgan fingerprint density at radius 1 is 1.37 bits per heavy atom. The lowest BCUT2D eigenvalue weighted by molar-refractivity contribution is -0.275. The fraction of sp³-hybridized carbons (Fsp3) is 0.400. The van der Waals surface area contributed by atoms with Gasteiger partial charge in [-0.3, -0.25) is 9.59 Å². The molecule has 1 rings (SSSR count). The minimum absolute atomic E-state index is 0.134. The van der Waals surface area contributed by atoms with Gasteiger partial charge in [-0.1, -0.05) is 0 Å². The topological polar surface area (TPSA) is 77.6 Å². The van der Waals surface area contributed by atoms with E-state index >= 15 is 0 Å². The molecule has 1 N–H and O–H groups in total. The molecule has 0 aliphatic heterocycles. The van der Waals surface area contributed by atoms with Crippen molar-refractivity contribution in [3.63, 3.8) is 0 Å². The van der Waals surface area contributed by atoms with Gasteiger partial charge in [-0.05, 0) is 0 Å². The summed E-state index contributed by atoms with van der Waals surface area (Å²) in [5.74, 6) is -1.91. The Bertz CT molecular complexity index is 523. The number of aromatic amines is 1. The molecule has 0 bridgehead atoms. The van der Waals surface area contributed by atoms with E-state index in [4.69, 9.17) is 4.74 Å². The first kappa shape index (κ1) is 14.9. The van der Waals surface area contributed by atoms with Crippen LogP contribution in [0.1, 0.15) is 5.56 Å². The molecule has 0 fully saturated rings. The van der Waals surface area contributed by atoms with Crippen LogP contribution in [-0.2, 0) is 16.0 Å². The van der Waals surface area contributed by atoms with Crippen LogP contribution < -0.4 is 14.9 Å². The standard InChI is InChI=1S/C10H10F3NO5/c1-17-7(15)3-5-8(16)6(19-10(11,12)13)4-14-9(5)18-2/h4H,3H2,1-2H3,(H,14,16). The van der Waals surface area contributed by atoms with Crippen molar-refractivity contribution in [1.29, 1.82) is 0 Å². The molecule has 0 spiro atoms. The van der Waals surface area contributed by atoms with Crippen molar-refractivity contribution < 1.29 is 32.2 Å². The van der Waals surface area contributed by atoms with E-state index in [2.05, 4.69) is 14.5 Å². The first-order chi connectivity index (χ1) is 8.78. The summed E-state index contributed by atoms with van der Waals surface area (Å²) in [5, 5.41) is 0. The van der Waals surface area contributed by atoms with Crippen molar-refractivity contribution in [2.24, 2.45) is 0 Å². The van der Waals surface area contributed by atoms with Crippen LogP contribution >= 0.6 is 0 Å². The molecule has 0 unspecified atom stereocenters. The van der Waals surface area contributed by atoms with Crippen molar-refractivity contribution in [2.45, 2.75) is 12.8 Å². The summed E-state index contributed by atoms with van der Waals surface area (Å²) in [6.45, 7) is 0. The number of alkyl halides is 3. The molecule has 0 aromatic carbocycles. The minimum atomic E-state index is -5.01. The summed E-state index contributed by atoms with van der Waals surface area (Å²) in [7, 11) is 2.27. The van der Waals surface area contributed by atoms with Crippen LogP contribution in [0.2, 0.25) is 0 Å². The third-order valence-electron chi connectivity index (χ3n) is 2.08. The van der Waals surface area contributed by atoms with Gasteiger partial charge < -0.3 is 19.2 Å². The predicted octanol–water partition coefficient (Wildman–Crippen LogP) is 0.998. The molecule has 1 aromatic rings. The number of hydrogen-bond acceptors (Lipinski definition) is 5. The van der Waals surface area contributed by atoms with E-state index in [9.17, 15) is 22.8 Å². The van der Waals surface area contributed by atoms with Gasteiger partial charge in [0.15, 0.2) is 11.6 Å². The average Bonchev–Trinajstić information content (AvgIpc) is 2.32. The predicted molar refractivity (Wildman–Crippen MR) is 56.0 cm³/mol. The fourth-order valence-electron chi connectivity index (χ4n) is 1.30. The lowest BCUT2D eigenvalue weighted by atomic mass is 10.2. The lowest BCUT2D eigenvalue weighted by Crippen LogP contribution is -2.25. The number of ether oxygens (including phenoxy) is 3. The molecule has 6 nitrogen and oxygen atoms in total. The van der Waals surface area contributed by atoms with Crippen molar-refractivity contribution in [1.82, 2.24) is 4.98 Å². The fourth-order valence-corrected chi connectivity index (χ4v) is 1.30. The van der Waals surface area contributed by atoms with Gasteiger partial charge in [0.05, 0.1) is 32.4 Å². The summed E-state index contributed by atoms with van der Waals surface area (Å²) >= 11 is 0. The SMILES string of the molecule is COC(=O)Cc1c(OC)[nH]cc(OC(F)(F)F)c1=O. The number of pyridine rings is 1. The smallest absolute Gasteiger partial charge is 0.482 e. The largest absolute Gasteiger partial charge is 0.573 e. The maximum absolute atomic E-state index is 12.1. The average molecular weight is 281 g/mol. The second-order valence-electron chi connectivity index (χ2n) is 3.29. The highest BCUT2D eigenvalue weighted by Crippen LogP contribution is 2.22. The Labute approximate surface area is 105 Å². The lowest BCUT2D eigenvalue weighted by Gasteiger charge is -2.11. The van der Waals surface area contributed by atoms with E-state index in [0.717, 1.165) is 7.11 Å². The van der Waals surface area contributed by atoms with Crippen molar-refractivity contribution in [3.8, 4) is 11.6 Å². The third-order valence-corrected chi connectivity index (χ3v) is 2.08. The number of aromatic nitrogens is 1. The number of carbonyl (C=O) groups is 1. The second-order valence-corrected chi connectivity index (χ2v) is 3.29. The molecule has 106 valence electrons. The molecule has 9 heteroatoms. The molecule has 0 atom stereocenters. The second kappa shape index (κ2) is 5.63. The molecule has 0 amide bonds. The molecule has 0 aliphatic rings. The molecule has 0 aliphatic carbocycles. The quantitative estimate of drug-likeness (QED) is 0.833. The van der Waals surface area contributed by atoms with Crippen LogP contribution in [0.4, 0.5) is 13.2 Å². The molecule has 19 heavy (non-hydrogen) atoms. The first-order valence-electron chi connectivity index (χ1n) is 4.89. The maximum atomic E-state index is 12.1. The van der Waals surface area contributed by atoms with Crippen LogP contribution in [0.3, 0.4) is 0 Å². The van der Waals surface area contributed by atoms with Gasteiger partial charge in [0.25, 0.3) is 0 Å². The summed E-state index contributed by atoms with van der Waals surface area (Å²) in [4.78, 5) is 25.1. The van der Waals surface area contributed by atoms with E-state index < -0.39 is 29.9 Å². The van der Waals surface area contributed by atoms with Gasteiger partial charge in [-0.15, -0.1) is 13.2 Å². The Kier molecular flexibility index (Phi) is 4.41. The van der Waals surface area contributed by atoms with E-state index in [1.54, 1.807) is 0 Å². The van der Waals surface area contributed by atoms with Crippen molar-refractivity contribution in [3.05, 3.63) is 22.0 Å². The number of carbonyl (C=O) groups excluding carboxylic acids is 1. The summed E-state index contributed by atoms with van der Waals surface area (Å²) in [6, 6.07) is 0. The zero-order valence-electron chi connectivity index (χ0n) is 9.96. The van der Waals surface area contributed by atoms with Gasteiger partial charge in [-0.25, -0.2) is 0 Å². The Morgan fingerprint density at radius 2 is 2.00 bits per heavy atom. The van der Waals surface area contributed by atoms with Gasteiger partial charge >= 0.3 is 12.3 Å². The zero-order valence-corrected chi connectivity index (χ0v) is 9.96. The third kappa shape index (κ3) is 3.90. The Balaban J connectivity index is 3.22. The highest BCUT2D eigenvalue weighted by molar-refractivity contribution is 5.73. The molecular weight excluding hydrogens is 271 g/mol. The van der Waals surface area contributed by atoms with Crippen LogP contribution in [0.5, 0.6) is 11.6 Å². The molecule has 1 aromatic heterocycles. The summed E-state index contributed by atoms with van der Waals surface area (Å²) < 4.78 is 48.8. The number of halogens is 3. The van der Waals surface area contributed by atoms with E-state index in [1.165, 1.54) is 7.11 Å². The summed E-state index contributed by atoms with van der Waals surface area (Å²) in [6.07, 6.45) is -4.84. The number of esters is 1. The van der Waals surface area contributed by atoms with Gasteiger partial charge in [0, 0.05) is 0 Å². The maximum Gasteiger partial charge on any atom is 0.573 e. The molecule has 0 saturated carbocycles. The molecule has 0 radical (unpaired) electrons. The minimum Gasteiger partial charge on any atom is -0.482 e. The monoisotopic (exact) mass is 281 g/mol. The number of nitrogens with one attached hydrogen (secondary N) is 1. The van der Waals surface area contributed by atoms with Gasteiger partial charge in [0.1, 0.15) is 0 Å². The molecule has 0 saturated heterocycles. The summed E-state index contributed by atoms with van der Waals surface area (Å²) in [5.41, 5.74) is -1.41. The van der Waals surface area contributed by atoms with Crippen LogP contribution in [-0.4, -0.2) is 31.5 Å². The number of H-pyrrole nitrogens is 1. The number of methoxy groups -OCH3 is 2. The molecule has 1 heterocycles. The van der Waals surface area contributed by atoms with Crippen molar-refractivity contribution >= 4 is 5.97 Å². The molecular formula is C10H10F3NO5. The highest BCUT2D eigenvalue weighted by Gasteiger charge is 2.33. The Morgan fingerprint density at radius 3 is 2.47 bits per heavy atom. The van der Waals surface area contributed by atoms with Gasteiger partial charge in [-0.2, -0.15) is 0 Å². The van der Waals surface area contributed by atoms with Gasteiger partial charge in [0.2, 0.25) is 5.43 Å². The number of hydrogen-bond donors (Lipinski definition) is 1. The number of rotatable bonds is 4. The van der Waals surface area contributed by atoms with Crippen LogP contribution in [0, 0.1) is 0 Å². The Hall–Kier alpha value is -2.19. The van der Waals surface area contributed by atoms with Crippen molar-refractivity contribution in [2.75, 3.05) is 14.2 Å². The van der Waals surface area contributed by atoms with Crippen LogP contribution in [0.15, 0.2) is 11.0 Å².